The fraction of sp³-hybridized carbons (Fsp3) is 0.125. The van der Waals surface area contributed by atoms with Gasteiger partial charge in [-0.05, 0) is 24.3 Å². The van der Waals surface area contributed by atoms with Crippen LogP contribution in [0.25, 0.3) is 0 Å². The summed E-state index contributed by atoms with van der Waals surface area (Å²) in [6.45, 7) is 0. The Hall–Kier alpha value is -2.29. The predicted molar refractivity (Wildman–Crippen MR) is 105 cm³/mol. The maximum Gasteiger partial charge on any atom is 0.336 e. The Morgan fingerprint density at radius 1 is 1.08 bits per heavy atom. The van der Waals surface area contributed by atoms with Gasteiger partial charge in [0, 0.05) is 6.07 Å². The quantitative estimate of drug-likeness (QED) is 0.643. The lowest BCUT2D eigenvalue weighted by molar-refractivity contribution is 0.100. The number of hydrogen-bond acceptors (Lipinski definition) is 5. The van der Waals surface area contributed by atoms with Crippen molar-refractivity contribution in [2.75, 3.05) is 23.8 Å². The molecule has 26 heavy (non-hydrogen) atoms. The molecule has 0 saturated carbocycles. The first-order valence-electron chi connectivity index (χ1n) is 7.09. The Bertz CT molecular complexity index is 864. The van der Waals surface area contributed by atoms with E-state index >= 15 is 0 Å². The molecule has 0 saturated heterocycles. The number of amides is 3. The van der Waals surface area contributed by atoms with Crippen LogP contribution in [0.15, 0.2) is 30.3 Å². The zero-order valence-corrected chi connectivity index (χ0v) is 16.2. The summed E-state index contributed by atoms with van der Waals surface area (Å²) in [7, 11) is 2.91. The van der Waals surface area contributed by atoms with Crippen molar-refractivity contribution in [3.63, 3.8) is 0 Å². The number of thiol groups is 1. The number of methoxy groups -OCH3 is 2. The highest BCUT2D eigenvalue weighted by atomic mass is 35.5. The van der Waals surface area contributed by atoms with Gasteiger partial charge >= 0.3 is 6.03 Å². The van der Waals surface area contributed by atoms with Gasteiger partial charge in [-0.3, -0.25) is 4.79 Å². The van der Waals surface area contributed by atoms with Crippen LogP contribution in [0.5, 0.6) is 11.5 Å². The monoisotopic (exact) mass is 415 g/mol. The number of halogens is 2. The molecule has 2 rings (SSSR count). The van der Waals surface area contributed by atoms with Crippen LogP contribution < -0.4 is 24.8 Å². The van der Waals surface area contributed by atoms with Crippen LogP contribution in [0.2, 0.25) is 10.0 Å². The number of hydrogen-bond donors (Lipinski definition) is 3. The van der Waals surface area contributed by atoms with Crippen LogP contribution in [0.3, 0.4) is 0 Å². The number of anilines is 2. The molecule has 0 fully saturated rings. The van der Waals surface area contributed by atoms with Crippen LogP contribution in [-0.2, 0) is 0 Å². The number of ether oxygens (including phenoxy) is 2. The molecule has 2 aromatic rings. The Balaban J connectivity index is 2.26. The lowest BCUT2D eigenvalue weighted by Crippen LogP contribution is -2.27. The zero-order chi connectivity index (χ0) is 19.4. The van der Waals surface area contributed by atoms with Crippen molar-refractivity contribution in [2.24, 2.45) is 5.73 Å². The van der Waals surface area contributed by atoms with Crippen molar-refractivity contribution in [1.82, 2.24) is 0 Å². The minimum absolute atomic E-state index is 0.104. The Morgan fingerprint density at radius 2 is 1.73 bits per heavy atom. The number of primary amides is 1. The van der Waals surface area contributed by atoms with Gasteiger partial charge in [0.05, 0.1) is 41.2 Å². The number of urea groups is 1. The first kappa shape index (κ1) is 20.0. The number of carbonyl (C=O) groups is 2. The molecule has 0 atom stereocenters. The second kappa shape index (κ2) is 8.39. The van der Waals surface area contributed by atoms with Crippen molar-refractivity contribution in [3.8, 4) is 11.5 Å². The lowest BCUT2D eigenvalue weighted by atomic mass is 10.2. The molecule has 138 valence electrons. The highest BCUT2D eigenvalue weighted by Crippen LogP contribution is 2.36. The summed E-state index contributed by atoms with van der Waals surface area (Å²) in [5.41, 5.74) is 5.99. The molecular formula is C16H15Cl2N3O4S. The predicted octanol–water partition coefficient (Wildman–Crippen LogP) is 3.99. The van der Waals surface area contributed by atoms with E-state index < -0.39 is 11.9 Å². The molecule has 0 aliphatic rings. The van der Waals surface area contributed by atoms with Crippen LogP contribution in [0.4, 0.5) is 16.2 Å². The summed E-state index contributed by atoms with van der Waals surface area (Å²) in [5.74, 6) is 0.0795. The van der Waals surface area contributed by atoms with Crippen LogP contribution >= 0.6 is 36.0 Å². The number of carbonyl (C=O) groups excluding carboxylic acids is 2. The van der Waals surface area contributed by atoms with Gasteiger partial charge in [0.2, 0.25) is 5.91 Å². The average Bonchev–Trinajstić information content (AvgIpc) is 2.60. The molecule has 0 radical (unpaired) electrons. The van der Waals surface area contributed by atoms with Crippen molar-refractivity contribution < 1.29 is 19.1 Å². The molecule has 0 spiro atoms. The molecule has 0 aromatic heterocycles. The number of rotatable bonds is 5. The third kappa shape index (κ3) is 4.27. The molecule has 0 aliphatic carbocycles. The summed E-state index contributed by atoms with van der Waals surface area (Å²) in [5, 5.41) is 3.02. The molecule has 3 N–H and O–H groups in total. The summed E-state index contributed by atoms with van der Waals surface area (Å²) >= 11 is 16.2. The fourth-order valence-electron chi connectivity index (χ4n) is 2.08. The van der Waals surface area contributed by atoms with E-state index in [4.69, 9.17) is 38.4 Å². The number of nitrogens with two attached hydrogens (primary N) is 1. The fourth-order valence-corrected chi connectivity index (χ4v) is 2.76. The lowest BCUT2D eigenvalue weighted by Gasteiger charge is -2.19. The number of nitrogens with one attached hydrogen (secondary N) is 1. The van der Waals surface area contributed by atoms with Gasteiger partial charge in [-0.15, -0.1) is 0 Å². The molecule has 0 heterocycles. The third-order valence-corrected chi connectivity index (χ3v) is 4.39. The van der Waals surface area contributed by atoms with E-state index in [0.717, 1.165) is 4.31 Å². The normalized spacial score (nSPS) is 10.2. The first-order chi connectivity index (χ1) is 12.3. The van der Waals surface area contributed by atoms with Crippen molar-refractivity contribution in [2.45, 2.75) is 0 Å². The molecular weight excluding hydrogens is 401 g/mol. The van der Waals surface area contributed by atoms with Gasteiger partial charge in [-0.25, -0.2) is 9.10 Å². The third-order valence-electron chi connectivity index (χ3n) is 3.37. The summed E-state index contributed by atoms with van der Waals surface area (Å²) in [6, 6.07) is 6.71. The molecule has 10 heteroatoms. The van der Waals surface area contributed by atoms with E-state index in [1.54, 1.807) is 6.07 Å². The van der Waals surface area contributed by atoms with Crippen LogP contribution in [0.1, 0.15) is 10.4 Å². The molecule has 7 nitrogen and oxygen atoms in total. The van der Waals surface area contributed by atoms with E-state index in [2.05, 4.69) is 18.1 Å². The minimum Gasteiger partial charge on any atom is -0.495 e. The SMILES string of the molecule is COc1cc(OC)c(NC(=O)N(S)c2ccc(C(N)=O)c(Cl)c2)cc1Cl. The minimum atomic E-state index is -0.672. The van der Waals surface area contributed by atoms with E-state index in [1.807, 2.05) is 0 Å². The van der Waals surface area contributed by atoms with E-state index in [9.17, 15) is 9.59 Å². The number of benzene rings is 2. The Labute approximate surface area is 165 Å². The zero-order valence-electron chi connectivity index (χ0n) is 13.7. The maximum atomic E-state index is 12.5. The van der Waals surface area contributed by atoms with Crippen molar-refractivity contribution >= 4 is 59.3 Å². The summed E-state index contributed by atoms with van der Waals surface area (Å²) in [6.07, 6.45) is 0. The first-order valence-corrected chi connectivity index (χ1v) is 8.25. The topological polar surface area (TPSA) is 93.9 Å². The standard InChI is InChI=1S/C16H15Cl2N3O4S/c1-24-13-7-14(25-2)12(6-11(13)18)20-16(23)21(26)8-3-4-9(15(19)22)10(17)5-8/h3-7,26H,1-2H3,(H2,19,22)(H,20,23). The number of nitrogens with zero attached hydrogens (tertiary/aromatic N) is 1. The molecule has 0 aliphatic heterocycles. The van der Waals surface area contributed by atoms with Gasteiger partial charge in [-0.2, -0.15) is 0 Å². The van der Waals surface area contributed by atoms with E-state index in [-0.39, 0.29) is 10.6 Å². The molecule has 2 aromatic carbocycles. The highest BCUT2D eigenvalue weighted by Gasteiger charge is 2.18. The summed E-state index contributed by atoms with van der Waals surface area (Å²) in [4.78, 5) is 23.7. The second-order valence-electron chi connectivity index (χ2n) is 4.96. The van der Waals surface area contributed by atoms with Gasteiger partial charge in [0.15, 0.2) is 0 Å². The maximum absolute atomic E-state index is 12.5. The summed E-state index contributed by atoms with van der Waals surface area (Å²) < 4.78 is 11.3. The van der Waals surface area contributed by atoms with Gasteiger partial charge in [0.1, 0.15) is 11.5 Å². The Morgan fingerprint density at radius 3 is 2.27 bits per heavy atom. The van der Waals surface area contributed by atoms with Crippen LogP contribution in [-0.4, -0.2) is 26.2 Å². The molecule has 0 unspecified atom stereocenters. The second-order valence-corrected chi connectivity index (χ2v) is 6.17. The van der Waals surface area contributed by atoms with Crippen molar-refractivity contribution in [3.05, 3.63) is 45.9 Å². The van der Waals surface area contributed by atoms with Gasteiger partial charge in [-0.1, -0.05) is 36.0 Å². The van der Waals surface area contributed by atoms with Gasteiger partial charge in [0.25, 0.3) is 0 Å². The Kier molecular flexibility index (Phi) is 6.47. The molecule has 0 bridgehead atoms. The van der Waals surface area contributed by atoms with Crippen molar-refractivity contribution in [1.29, 1.82) is 0 Å². The smallest absolute Gasteiger partial charge is 0.336 e. The largest absolute Gasteiger partial charge is 0.495 e. The van der Waals surface area contributed by atoms with E-state index in [0.29, 0.717) is 27.9 Å². The van der Waals surface area contributed by atoms with Gasteiger partial charge < -0.3 is 20.5 Å². The van der Waals surface area contributed by atoms with Crippen LogP contribution in [0, 0.1) is 0 Å². The van der Waals surface area contributed by atoms with E-state index in [1.165, 1.54) is 38.5 Å². The highest BCUT2D eigenvalue weighted by molar-refractivity contribution is 7.82. The average molecular weight is 416 g/mol. The molecule has 3 amide bonds.